The standard InChI is InChI=1S/C9H21P.C2H4O2/c1-3-5-6-8-9(10)7-4-2;1-2(3)4/h9H,3-8,10H2,1-2H3;1H3,(H,3,4). The highest BCUT2D eigenvalue weighted by Crippen LogP contribution is 2.15. The predicted octanol–water partition coefficient (Wildman–Crippen LogP) is 3.70. The number of hydrogen-bond donors (Lipinski definition) is 1. The fourth-order valence-electron chi connectivity index (χ4n) is 1.17. The van der Waals surface area contributed by atoms with Crippen LogP contribution in [-0.4, -0.2) is 16.7 Å². The van der Waals surface area contributed by atoms with Crippen LogP contribution < -0.4 is 0 Å². The minimum Gasteiger partial charge on any atom is -0.481 e. The number of hydrogen-bond acceptors (Lipinski definition) is 1. The molecule has 86 valence electrons. The summed E-state index contributed by atoms with van der Waals surface area (Å²) in [6.45, 7) is 5.61. The summed E-state index contributed by atoms with van der Waals surface area (Å²) >= 11 is 0. The van der Waals surface area contributed by atoms with Crippen LogP contribution in [0.3, 0.4) is 0 Å². The highest BCUT2D eigenvalue weighted by molar-refractivity contribution is 7.17. The number of unbranched alkanes of at least 4 members (excludes halogenated alkanes) is 2. The van der Waals surface area contributed by atoms with E-state index in [1.165, 1.54) is 38.5 Å². The van der Waals surface area contributed by atoms with Crippen LogP contribution >= 0.6 is 9.24 Å². The zero-order chi connectivity index (χ0) is 11.4. The van der Waals surface area contributed by atoms with E-state index in [0.717, 1.165) is 12.6 Å². The minimum absolute atomic E-state index is 0.833. The molecule has 0 rings (SSSR count). The Bertz CT molecular complexity index is 122. The topological polar surface area (TPSA) is 37.3 Å². The Morgan fingerprint density at radius 3 is 2.07 bits per heavy atom. The second-order valence-corrected chi connectivity index (χ2v) is 4.51. The Morgan fingerprint density at radius 2 is 1.71 bits per heavy atom. The molecule has 0 fully saturated rings. The van der Waals surface area contributed by atoms with Gasteiger partial charge in [-0.1, -0.05) is 39.5 Å². The van der Waals surface area contributed by atoms with Gasteiger partial charge in [-0.15, -0.1) is 9.24 Å². The predicted molar refractivity (Wildman–Crippen MR) is 65.9 cm³/mol. The van der Waals surface area contributed by atoms with Gasteiger partial charge in [-0.05, 0) is 18.5 Å². The van der Waals surface area contributed by atoms with Crippen LogP contribution in [0.4, 0.5) is 0 Å². The van der Waals surface area contributed by atoms with Gasteiger partial charge in [0.25, 0.3) is 5.97 Å². The Morgan fingerprint density at radius 1 is 1.21 bits per heavy atom. The van der Waals surface area contributed by atoms with E-state index in [0.29, 0.717) is 0 Å². The van der Waals surface area contributed by atoms with Crippen LogP contribution in [0.1, 0.15) is 59.3 Å². The van der Waals surface area contributed by atoms with Gasteiger partial charge < -0.3 is 5.11 Å². The van der Waals surface area contributed by atoms with Crippen molar-refractivity contribution < 1.29 is 9.90 Å². The van der Waals surface area contributed by atoms with Gasteiger partial charge in [0.05, 0.1) is 0 Å². The first kappa shape index (κ1) is 16.3. The third kappa shape index (κ3) is 22.7. The fraction of sp³-hybridized carbons (Fsp3) is 0.909. The van der Waals surface area contributed by atoms with Gasteiger partial charge in [-0.25, -0.2) is 0 Å². The third-order valence-corrected chi connectivity index (χ3v) is 2.50. The molecule has 0 radical (unpaired) electrons. The van der Waals surface area contributed by atoms with Crippen molar-refractivity contribution in [3.05, 3.63) is 0 Å². The first-order valence-electron chi connectivity index (χ1n) is 5.49. The van der Waals surface area contributed by atoms with Gasteiger partial charge in [-0.2, -0.15) is 0 Å². The van der Waals surface area contributed by atoms with Gasteiger partial charge in [-0.3, -0.25) is 4.79 Å². The molecule has 0 saturated heterocycles. The van der Waals surface area contributed by atoms with Crippen LogP contribution in [0.5, 0.6) is 0 Å². The molecule has 0 aliphatic heterocycles. The fourth-order valence-corrected chi connectivity index (χ4v) is 1.74. The van der Waals surface area contributed by atoms with E-state index in [-0.39, 0.29) is 0 Å². The van der Waals surface area contributed by atoms with E-state index in [1.54, 1.807) is 0 Å². The van der Waals surface area contributed by atoms with Crippen molar-refractivity contribution in [2.75, 3.05) is 0 Å². The van der Waals surface area contributed by atoms with Crippen LogP contribution in [0.25, 0.3) is 0 Å². The molecule has 3 heteroatoms. The number of carboxylic acids is 1. The molecule has 0 aromatic heterocycles. The number of carbonyl (C=O) groups is 1. The maximum Gasteiger partial charge on any atom is 0.300 e. The monoisotopic (exact) mass is 220 g/mol. The molecule has 0 amide bonds. The van der Waals surface area contributed by atoms with Crippen LogP contribution in [-0.2, 0) is 4.79 Å². The molecule has 14 heavy (non-hydrogen) atoms. The molecule has 0 spiro atoms. The first-order chi connectivity index (χ1) is 6.54. The molecule has 0 aliphatic rings. The van der Waals surface area contributed by atoms with Crippen molar-refractivity contribution in [1.29, 1.82) is 0 Å². The van der Waals surface area contributed by atoms with E-state index < -0.39 is 5.97 Å². The summed E-state index contributed by atoms with van der Waals surface area (Å²) in [7, 11) is 2.95. The second-order valence-electron chi connectivity index (χ2n) is 3.56. The molecule has 0 bridgehead atoms. The quantitative estimate of drug-likeness (QED) is 0.547. The molecule has 0 aromatic rings. The molecule has 0 aliphatic carbocycles. The van der Waals surface area contributed by atoms with Crippen molar-refractivity contribution in [3.8, 4) is 0 Å². The summed E-state index contributed by atoms with van der Waals surface area (Å²) in [6, 6.07) is 0. The van der Waals surface area contributed by atoms with Gasteiger partial charge in [0.1, 0.15) is 0 Å². The SMILES string of the molecule is CC(=O)O.CCCCCC(P)CCC. The lowest BCUT2D eigenvalue weighted by molar-refractivity contribution is -0.134. The van der Waals surface area contributed by atoms with E-state index in [1.807, 2.05) is 0 Å². The molecule has 1 N–H and O–H groups in total. The highest BCUT2D eigenvalue weighted by atomic mass is 31.0. The lowest BCUT2D eigenvalue weighted by Crippen LogP contribution is -1.95. The molecule has 0 heterocycles. The Hall–Kier alpha value is -0.100. The zero-order valence-corrected chi connectivity index (χ0v) is 10.9. The summed E-state index contributed by atoms with van der Waals surface area (Å²) in [5.41, 5.74) is 0.886. The van der Waals surface area contributed by atoms with E-state index in [4.69, 9.17) is 9.90 Å². The smallest absolute Gasteiger partial charge is 0.300 e. The normalized spacial score (nSPS) is 11.4. The maximum absolute atomic E-state index is 9.00. The van der Waals surface area contributed by atoms with E-state index in [2.05, 4.69) is 23.1 Å². The number of aliphatic carboxylic acids is 1. The summed E-state index contributed by atoms with van der Waals surface area (Å²) in [6.07, 6.45) is 8.31. The maximum atomic E-state index is 9.00. The van der Waals surface area contributed by atoms with Crippen molar-refractivity contribution >= 4 is 15.2 Å². The summed E-state index contributed by atoms with van der Waals surface area (Å²) in [5, 5.41) is 7.42. The van der Waals surface area contributed by atoms with Crippen molar-refractivity contribution in [3.63, 3.8) is 0 Å². The van der Waals surface area contributed by atoms with E-state index >= 15 is 0 Å². The van der Waals surface area contributed by atoms with Gasteiger partial charge >= 0.3 is 0 Å². The Balaban J connectivity index is 0. The molecule has 0 aromatic carbocycles. The minimum atomic E-state index is -0.833. The summed E-state index contributed by atoms with van der Waals surface area (Å²) in [4.78, 5) is 9.00. The molecular formula is C11H25O2P. The molecule has 2 atom stereocenters. The largest absolute Gasteiger partial charge is 0.481 e. The van der Waals surface area contributed by atoms with Gasteiger partial charge in [0.2, 0.25) is 0 Å². The number of rotatable bonds is 6. The summed E-state index contributed by atoms with van der Waals surface area (Å²) < 4.78 is 0. The second kappa shape index (κ2) is 12.9. The van der Waals surface area contributed by atoms with Crippen LogP contribution in [0, 0.1) is 0 Å². The number of carboxylic acid groups (broad SMARTS) is 1. The van der Waals surface area contributed by atoms with Crippen molar-refractivity contribution in [1.82, 2.24) is 0 Å². The van der Waals surface area contributed by atoms with Crippen LogP contribution in [0.15, 0.2) is 0 Å². The van der Waals surface area contributed by atoms with Crippen molar-refractivity contribution in [2.45, 2.75) is 65.0 Å². The van der Waals surface area contributed by atoms with E-state index in [9.17, 15) is 0 Å². The van der Waals surface area contributed by atoms with Gasteiger partial charge in [0, 0.05) is 6.92 Å². The average molecular weight is 220 g/mol. The van der Waals surface area contributed by atoms with Gasteiger partial charge in [0.15, 0.2) is 0 Å². The average Bonchev–Trinajstić information content (AvgIpc) is 2.04. The molecule has 2 nitrogen and oxygen atoms in total. The van der Waals surface area contributed by atoms with Crippen molar-refractivity contribution in [2.24, 2.45) is 0 Å². The molecule has 2 unspecified atom stereocenters. The van der Waals surface area contributed by atoms with Crippen LogP contribution in [0.2, 0.25) is 0 Å². The first-order valence-corrected chi connectivity index (χ1v) is 6.16. The third-order valence-electron chi connectivity index (χ3n) is 1.84. The Kier molecular flexibility index (Phi) is 15.1. The molecular weight excluding hydrogens is 195 g/mol. The lowest BCUT2D eigenvalue weighted by atomic mass is 10.1. The zero-order valence-electron chi connectivity index (χ0n) is 9.75. The highest BCUT2D eigenvalue weighted by Gasteiger charge is 1.98. The Labute approximate surface area is 90.7 Å². The summed E-state index contributed by atoms with van der Waals surface area (Å²) in [5.74, 6) is -0.833. The molecule has 0 saturated carbocycles. The lowest BCUT2D eigenvalue weighted by Gasteiger charge is -2.07.